The first kappa shape index (κ1) is 20.2. The summed E-state index contributed by atoms with van der Waals surface area (Å²) in [5.41, 5.74) is -0.179. The predicted molar refractivity (Wildman–Crippen MR) is 104 cm³/mol. The molecule has 1 atom stereocenters. The van der Waals surface area contributed by atoms with Crippen LogP contribution in [0.25, 0.3) is 0 Å². The quantitative estimate of drug-likeness (QED) is 0.771. The number of rotatable bonds is 4. The summed E-state index contributed by atoms with van der Waals surface area (Å²) in [6.07, 6.45) is 3.26. The van der Waals surface area contributed by atoms with E-state index in [9.17, 15) is 18.0 Å². The smallest absolute Gasteiger partial charge is 0.270 e. The lowest BCUT2D eigenvalue weighted by molar-refractivity contribution is -0.125. The van der Waals surface area contributed by atoms with E-state index < -0.39 is 21.6 Å². The maximum atomic E-state index is 13.1. The van der Waals surface area contributed by atoms with Crippen molar-refractivity contribution in [2.45, 2.75) is 50.1 Å². The number of H-pyrrole nitrogens is 1. The number of amides is 2. The van der Waals surface area contributed by atoms with Crippen LogP contribution in [0.15, 0.2) is 17.2 Å². The second-order valence-electron chi connectivity index (χ2n) is 7.90. The number of aromatic nitrogens is 1. The Balaban J connectivity index is 1.79. The Morgan fingerprint density at radius 3 is 2.56 bits per heavy atom. The van der Waals surface area contributed by atoms with Crippen molar-refractivity contribution in [2.75, 3.05) is 24.7 Å². The highest BCUT2D eigenvalue weighted by Gasteiger charge is 2.41. The second-order valence-corrected chi connectivity index (χ2v) is 10.8. The summed E-state index contributed by atoms with van der Waals surface area (Å²) in [4.78, 5) is 29.5. The maximum absolute atomic E-state index is 13.1. The molecule has 150 valence electrons. The number of likely N-dealkylation sites (tertiary alicyclic amines) is 1. The van der Waals surface area contributed by atoms with Gasteiger partial charge in [-0.25, -0.2) is 8.42 Å². The minimum atomic E-state index is -3.88. The lowest BCUT2D eigenvalue weighted by Gasteiger charge is -2.27. The number of hydrogen-bond donors (Lipinski definition) is 2. The fourth-order valence-corrected chi connectivity index (χ4v) is 6.34. The summed E-state index contributed by atoms with van der Waals surface area (Å²) in [5, 5.41) is 2.85. The molecular weight excluding hydrogens is 388 g/mol. The summed E-state index contributed by atoms with van der Waals surface area (Å²) >= 11 is 1.40. The molecule has 3 heterocycles. The molecule has 2 aliphatic rings. The summed E-state index contributed by atoms with van der Waals surface area (Å²) in [6.45, 7) is 6.95. The van der Waals surface area contributed by atoms with Crippen LogP contribution in [0.5, 0.6) is 0 Å². The molecule has 2 aliphatic heterocycles. The first-order chi connectivity index (χ1) is 12.6. The molecule has 0 bridgehead atoms. The van der Waals surface area contributed by atoms with E-state index in [1.54, 1.807) is 4.90 Å². The molecule has 10 heteroatoms. The van der Waals surface area contributed by atoms with Crippen LogP contribution in [0, 0.1) is 0 Å². The molecule has 8 nitrogen and oxygen atoms in total. The molecule has 0 radical (unpaired) electrons. The van der Waals surface area contributed by atoms with Gasteiger partial charge in [-0.05, 0) is 39.7 Å². The number of carbonyl (C=O) groups excluding carboxylic acids is 2. The van der Waals surface area contributed by atoms with Gasteiger partial charge in [0.15, 0.2) is 0 Å². The van der Waals surface area contributed by atoms with E-state index in [2.05, 4.69) is 10.3 Å². The molecule has 2 fully saturated rings. The van der Waals surface area contributed by atoms with E-state index in [4.69, 9.17) is 0 Å². The number of thioether (sulfide) groups is 1. The third-order valence-electron chi connectivity index (χ3n) is 4.53. The Hall–Kier alpha value is -1.52. The molecule has 1 aromatic heterocycles. The van der Waals surface area contributed by atoms with Crippen molar-refractivity contribution in [2.24, 2.45) is 0 Å². The molecule has 2 saturated heterocycles. The Kier molecular flexibility index (Phi) is 5.60. The van der Waals surface area contributed by atoms with Gasteiger partial charge in [0, 0.05) is 30.6 Å². The van der Waals surface area contributed by atoms with E-state index >= 15 is 0 Å². The highest BCUT2D eigenvalue weighted by atomic mass is 32.2. The topological polar surface area (TPSA) is 103 Å². The SMILES string of the molecule is CC(C)(C)NC(=O)C1CSCN1S(=O)(=O)c1c[nH]c(C(=O)N2CCCC2)c1. The molecule has 0 aromatic carbocycles. The Labute approximate surface area is 164 Å². The maximum Gasteiger partial charge on any atom is 0.270 e. The third-order valence-corrected chi connectivity index (χ3v) is 7.54. The Morgan fingerprint density at radius 1 is 1.26 bits per heavy atom. The normalized spacial score (nSPS) is 21.6. The lowest BCUT2D eigenvalue weighted by Crippen LogP contribution is -2.52. The number of sulfonamides is 1. The Bertz CT molecular complexity index is 822. The average molecular weight is 415 g/mol. The van der Waals surface area contributed by atoms with Crippen LogP contribution in [0.4, 0.5) is 0 Å². The van der Waals surface area contributed by atoms with Gasteiger partial charge in [-0.15, -0.1) is 11.8 Å². The fraction of sp³-hybridized carbons (Fsp3) is 0.647. The van der Waals surface area contributed by atoms with E-state index in [1.165, 1.54) is 28.3 Å². The number of hydrogen-bond acceptors (Lipinski definition) is 5. The number of nitrogens with one attached hydrogen (secondary N) is 2. The van der Waals surface area contributed by atoms with Gasteiger partial charge in [-0.2, -0.15) is 4.31 Å². The van der Waals surface area contributed by atoms with Crippen LogP contribution in [0.3, 0.4) is 0 Å². The molecule has 1 aromatic rings. The zero-order chi connectivity index (χ0) is 19.8. The first-order valence-corrected chi connectivity index (χ1v) is 11.6. The van der Waals surface area contributed by atoms with Crippen LogP contribution in [-0.2, 0) is 14.8 Å². The van der Waals surface area contributed by atoms with Crippen molar-refractivity contribution in [3.8, 4) is 0 Å². The van der Waals surface area contributed by atoms with Crippen LogP contribution in [0.2, 0.25) is 0 Å². The van der Waals surface area contributed by atoms with Gasteiger partial charge < -0.3 is 15.2 Å². The summed E-state index contributed by atoms with van der Waals surface area (Å²) < 4.78 is 27.3. The molecular formula is C17H26N4O4S2. The first-order valence-electron chi connectivity index (χ1n) is 8.99. The van der Waals surface area contributed by atoms with Gasteiger partial charge >= 0.3 is 0 Å². The molecule has 0 saturated carbocycles. The highest BCUT2D eigenvalue weighted by molar-refractivity contribution is 8.00. The minimum Gasteiger partial charge on any atom is -0.356 e. The molecule has 0 aliphatic carbocycles. The molecule has 1 unspecified atom stereocenters. The van der Waals surface area contributed by atoms with Gasteiger partial charge in [0.1, 0.15) is 16.6 Å². The van der Waals surface area contributed by atoms with Crippen molar-refractivity contribution < 1.29 is 18.0 Å². The van der Waals surface area contributed by atoms with Gasteiger partial charge in [0.25, 0.3) is 5.91 Å². The van der Waals surface area contributed by atoms with Crippen molar-refractivity contribution >= 4 is 33.6 Å². The minimum absolute atomic E-state index is 0.0149. The standard InChI is InChI=1S/C17H26N4O4S2/c1-17(2,3)19-15(22)14-10-26-11-21(14)27(24,25)12-8-13(18-9-12)16(23)20-6-4-5-7-20/h8-9,14,18H,4-7,10-11H2,1-3H3,(H,19,22). The van der Waals surface area contributed by atoms with E-state index in [1.807, 2.05) is 20.8 Å². The predicted octanol–water partition coefficient (Wildman–Crippen LogP) is 1.23. The van der Waals surface area contributed by atoms with Gasteiger partial charge in [0.05, 0.1) is 5.88 Å². The summed E-state index contributed by atoms with van der Waals surface area (Å²) in [7, 11) is -3.88. The van der Waals surface area contributed by atoms with Crippen LogP contribution in [0.1, 0.15) is 44.1 Å². The van der Waals surface area contributed by atoms with Crippen LogP contribution >= 0.6 is 11.8 Å². The number of carbonyl (C=O) groups is 2. The van der Waals surface area contributed by atoms with Gasteiger partial charge in [-0.3, -0.25) is 9.59 Å². The molecule has 27 heavy (non-hydrogen) atoms. The lowest BCUT2D eigenvalue weighted by atomic mass is 10.1. The highest BCUT2D eigenvalue weighted by Crippen LogP contribution is 2.29. The third kappa shape index (κ3) is 4.33. The van der Waals surface area contributed by atoms with Gasteiger partial charge in [0.2, 0.25) is 15.9 Å². The van der Waals surface area contributed by atoms with Crippen molar-refractivity contribution in [3.63, 3.8) is 0 Å². The molecule has 2 amide bonds. The average Bonchev–Trinajstić information content (AvgIpc) is 3.33. The molecule has 3 rings (SSSR count). The fourth-order valence-electron chi connectivity index (χ4n) is 3.20. The molecule has 2 N–H and O–H groups in total. The van der Waals surface area contributed by atoms with Crippen LogP contribution < -0.4 is 5.32 Å². The van der Waals surface area contributed by atoms with E-state index in [0.29, 0.717) is 18.8 Å². The molecule has 0 spiro atoms. The monoisotopic (exact) mass is 414 g/mol. The zero-order valence-electron chi connectivity index (χ0n) is 15.8. The second kappa shape index (κ2) is 7.48. The van der Waals surface area contributed by atoms with Crippen molar-refractivity contribution in [1.29, 1.82) is 0 Å². The van der Waals surface area contributed by atoms with Crippen LogP contribution in [-0.4, -0.2) is 70.7 Å². The van der Waals surface area contributed by atoms with Crippen molar-refractivity contribution in [3.05, 3.63) is 18.0 Å². The van der Waals surface area contributed by atoms with E-state index in [0.717, 1.165) is 12.8 Å². The van der Waals surface area contributed by atoms with E-state index in [-0.39, 0.29) is 28.3 Å². The largest absolute Gasteiger partial charge is 0.356 e. The Morgan fingerprint density at radius 2 is 1.93 bits per heavy atom. The number of nitrogens with zero attached hydrogens (tertiary/aromatic N) is 2. The number of aromatic amines is 1. The summed E-state index contributed by atoms with van der Waals surface area (Å²) in [6, 6.07) is 0.615. The van der Waals surface area contributed by atoms with Crippen molar-refractivity contribution in [1.82, 2.24) is 19.5 Å². The van der Waals surface area contributed by atoms with Gasteiger partial charge in [-0.1, -0.05) is 0 Å². The zero-order valence-corrected chi connectivity index (χ0v) is 17.5. The summed E-state index contributed by atoms with van der Waals surface area (Å²) in [5.74, 6) is 0.128.